The van der Waals surface area contributed by atoms with Crippen molar-refractivity contribution in [3.8, 4) is 0 Å². The molecule has 0 aliphatic carbocycles. The van der Waals surface area contributed by atoms with Crippen molar-refractivity contribution < 1.29 is 4.39 Å². The maximum atomic E-state index is 11.0. The summed E-state index contributed by atoms with van der Waals surface area (Å²) >= 11 is 0. The lowest BCUT2D eigenvalue weighted by atomic mass is 11.8. The van der Waals surface area contributed by atoms with Gasteiger partial charge in [0.2, 0.25) is 0 Å². The van der Waals surface area contributed by atoms with Crippen molar-refractivity contribution >= 4 is 20.1 Å². The van der Waals surface area contributed by atoms with Gasteiger partial charge in [-0.25, -0.2) is 0 Å². The average molecular weight is 109 g/mol. The summed E-state index contributed by atoms with van der Waals surface area (Å²) in [6.45, 7) is 0. The Kier molecular flexibility index (Phi) is 4.60. The zero-order chi connectivity index (χ0) is 4.12. The number of alkyl halides is 1. The van der Waals surface area contributed by atoms with E-state index in [-0.39, 0.29) is 6.30 Å². The molecule has 0 amide bonds. The summed E-state index contributed by atoms with van der Waals surface area (Å²) in [5.74, 6) is 0. The SMILES string of the molecule is FC[SiH2]N[SiH3]. The van der Waals surface area contributed by atoms with Crippen LogP contribution in [0.1, 0.15) is 0 Å². The minimum atomic E-state index is -0.423. The summed E-state index contributed by atoms with van der Waals surface area (Å²) in [6, 6.07) is 0. The predicted octanol–water partition coefficient (Wildman–Crippen LogP) is -2.13. The van der Waals surface area contributed by atoms with E-state index in [1.165, 1.54) is 0 Å². The second-order valence-electron chi connectivity index (χ2n) is 0.793. The van der Waals surface area contributed by atoms with Crippen LogP contribution in [0.3, 0.4) is 0 Å². The van der Waals surface area contributed by atoms with Crippen LogP contribution in [-0.2, 0) is 0 Å². The Labute approximate surface area is 36.4 Å². The lowest BCUT2D eigenvalue weighted by Gasteiger charge is -1.80. The minimum absolute atomic E-state index is 0.0938. The normalized spacial score (nSPS) is 11.4. The Bertz CT molecular complexity index is 17.1. The van der Waals surface area contributed by atoms with Crippen LogP contribution in [-0.4, -0.2) is 26.4 Å². The molecule has 0 heterocycles. The molecule has 0 rings (SSSR count). The molecule has 4 heteroatoms. The molecule has 32 valence electrons. The fourth-order valence-corrected chi connectivity index (χ4v) is 0.850. The Balaban J connectivity index is 2.19. The molecular weight excluding hydrogens is 101 g/mol. The molecule has 1 N–H and O–H groups in total. The van der Waals surface area contributed by atoms with Crippen molar-refractivity contribution in [1.29, 1.82) is 0 Å². The number of rotatable bonds is 2. The Morgan fingerprint density at radius 2 is 2.60 bits per heavy atom. The van der Waals surface area contributed by atoms with Gasteiger partial charge in [-0.2, -0.15) is 0 Å². The molecule has 5 heavy (non-hydrogen) atoms. The first-order valence-electron chi connectivity index (χ1n) is 1.62. The molecule has 0 aromatic rings. The molecule has 0 aromatic heterocycles. The van der Waals surface area contributed by atoms with Crippen molar-refractivity contribution in [3.05, 3.63) is 0 Å². The highest BCUT2D eigenvalue weighted by molar-refractivity contribution is 6.41. The van der Waals surface area contributed by atoms with Gasteiger partial charge in [0.1, 0.15) is 9.68 Å². The van der Waals surface area contributed by atoms with Gasteiger partial charge < -0.3 is 4.65 Å². The lowest BCUT2D eigenvalue weighted by Crippen LogP contribution is -2.15. The number of hydrogen-bond acceptors (Lipinski definition) is 1. The van der Waals surface area contributed by atoms with Gasteiger partial charge in [0.15, 0.2) is 0 Å². The van der Waals surface area contributed by atoms with Gasteiger partial charge in [-0.15, -0.1) is 0 Å². The molecule has 0 fully saturated rings. The summed E-state index contributed by atoms with van der Waals surface area (Å²) in [5, 5.41) is 0. The highest BCUT2D eigenvalue weighted by atomic mass is 28.3. The van der Waals surface area contributed by atoms with Gasteiger partial charge in [-0.3, -0.25) is 4.39 Å². The van der Waals surface area contributed by atoms with Crippen LogP contribution in [0, 0.1) is 0 Å². The van der Waals surface area contributed by atoms with E-state index in [0.29, 0.717) is 0 Å². The Morgan fingerprint density at radius 1 is 2.00 bits per heavy atom. The molecule has 0 atom stereocenters. The van der Waals surface area contributed by atoms with Crippen LogP contribution < -0.4 is 4.65 Å². The summed E-state index contributed by atoms with van der Waals surface area (Å²) in [7, 11) is 0.548. The van der Waals surface area contributed by atoms with Crippen molar-refractivity contribution in [2.45, 2.75) is 0 Å². The summed E-state index contributed by atoms with van der Waals surface area (Å²) in [6.07, 6.45) is -0.0938. The van der Waals surface area contributed by atoms with Gasteiger partial charge >= 0.3 is 0 Å². The van der Waals surface area contributed by atoms with Crippen LogP contribution in [0.2, 0.25) is 0 Å². The molecule has 0 aliphatic rings. The van der Waals surface area contributed by atoms with Gasteiger partial charge in [0.05, 0.1) is 16.7 Å². The van der Waals surface area contributed by atoms with Crippen LogP contribution in [0.15, 0.2) is 0 Å². The van der Waals surface area contributed by atoms with Gasteiger partial charge in [0, 0.05) is 0 Å². The second kappa shape index (κ2) is 4.32. The summed E-state index contributed by atoms with van der Waals surface area (Å²) in [5.41, 5.74) is 0. The van der Waals surface area contributed by atoms with E-state index >= 15 is 0 Å². The Morgan fingerprint density at radius 3 is 2.60 bits per heavy atom. The van der Waals surface area contributed by atoms with E-state index in [0.717, 1.165) is 10.4 Å². The van der Waals surface area contributed by atoms with E-state index in [1.54, 1.807) is 0 Å². The third-order valence-corrected chi connectivity index (χ3v) is 2.53. The smallest absolute Gasteiger partial charge is 0.120 e. The fourth-order valence-electron chi connectivity index (χ4n) is 0.0945. The van der Waals surface area contributed by atoms with Crippen LogP contribution >= 0.6 is 0 Å². The van der Waals surface area contributed by atoms with E-state index in [1.807, 2.05) is 0 Å². The van der Waals surface area contributed by atoms with Crippen LogP contribution in [0.25, 0.3) is 0 Å². The first kappa shape index (κ1) is 5.32. The molecular formula is CH8FNSi2. The Hall–Kier alpha value is 0.324. The van der Waals surface area contributed by atoms with Gasteiger partial charge in [-0.1, -0.05) is 0 Å². The van der Waals surface area contributed by atoms with Crippen LogP contribution in [0.4, 0.5) is 4.39 Å². The quantitative estimate of drug-likeness (QED) is 0.399. The van der Waals surface area contributed by atoms with E-state index in [2.05, 4.69) is 4.65 Å². The summed E-state index contributed by atoms with van der Waals surface area (Å²) < 4.78 is 13.9. The third kappa shape index (κ3) is 4.32. The topological polar surface area (TPSA) is 12.0 Å². The monoisotopic (exact) mass is 109 g/mol. The molecule has 0 radical (unpaired) electrons. The zero-order valence-electron chi connectivity index (χ0n) is 3.29. The number of hydrogen-bond donors (Lipinski definition) is 1. The number of halogens is 1. The largest absolute Gasteiger partial charge is 0.370 e. The molecule has 0 unspecified atom stereocenters. The second-order valence-corrected chi connectivity index (χ2v) is 4.50. The van der Waals surface area contributed by atoms with Crippen molar-refractivity contribution in [3.63, 3.8) is 0 Å². The van der Waals surface area contributed by atoms with Crippen molar-refractivity contribution in [1.82, 2.24) is 4.65 Å². The highest BCUT2D eigenvalue weighted by Gasteiger charge is 1.71. The molecule has 0 bridgehead atoms. The predicted molar refractivity (Wildman–Crippen MR) is 27.6 cm³/mol. The first-order valence-corrected chi connectivity index (χ1v) is 4.33. The maximum Gasteiger partial charge on any atom is 0.120 e. The highest BCUT2D eigenvalue weighted by Crippen LogP contribution is 1.50. The lowest BCUT2D eigenvalue weighted by molar-refractivity contribution is 0.592. The first-order chi connectivity index (χ1) is 2.41. The van der Waals surface area contributed by atoms with Crippen molar-refractivity contribution in [2.75, 3.05) is 6.30 Å². The molecule has 0 saturated heterocycles. The van der Waals surface area contributed by atoms with Crippen LogP contribution in [0.5, 0.6) is 0 Å². The fraction of sp³-hybridized carbons (Fsp3) is 1.00. The third-order valence-electron chi connectivity index (χ3n) is 0.344. The molecule has 0 aromatic carbocycles. The molecule has 0 spiro atoms. The molecule has 0 aliphatic heterocycles. The molecule has 1 nitrogen and oxygen atoms in total. The van der Waals surface area contributed by atoms with E-state index in [9.17, 15) is 4.39 Å². The zero-order valence-corrected chi connectivity index (χ0v) is 6.71. The standard InChI is InChI=1S/CH8FNSi2/c2-1-5-3-4/h3H,1,5H2,4H3. The number of nitrogens with one attached hydrogen (secondary N) is 1. The van der Waals surface area contributed by atoms with E-state index < -0.39 is 9.68 Å². The van der Waals surface area contributed by atoms with E-state index in [4.69, 9.17) is 0 Å². The maximum absolute atomic E-state index is 11.0. The summed E-state index contributed by atoms with van der Waals surface area (Å²) in [4.78, 5) is 0. The van der Waals surface area contributed by atoms with Crippen molar-refractivity contribution in [2.24, 2.45) is 0 Å². The van der Waals surface area contributed by atoms with Gasteiger partial charge in [-0.05, 0) is 0 Å². The minimum Gasteiger partial charge on any atom is -0.370 e. The van der Waals surface area contributed by atoms with Gasteiger partial charge in [0.25, 0.3) is 0 Å². The molecule has 0 saturated carbocycles. The average Bonchev–Trinajstić information content (AvgIpc) is 1.41.